The number of methoxy groups -OCH3 is 1. The lowest BCUT2D eigenvalue weighted by Gasteiger charge is -2.28. The molecule has 1 atom stereocenters. The molecular formula is C20H25NO4S. The van der Waals surface area contributed by atoms with Crippen molar-refractivity contribution in [1.82, 2.24) is 0 Å². The van der Waals surface area contributed by atoms with Gasteiger partial charge in [0.2, 0.25) is 0 Å². The zero-order valence-corrected chi connectivity index (χ0v) is 16.3. The Hall–Kier alpha value is -2.05. The smallest absolute Gasteiger partial charge is 0.264 e. The molecule has 0 aliphatic carbocycles. The Morgan fingerprint density at radius 3 is 2.50 bits per heavy atom. The highest BCUT2D eigenvalue weighted by Crippen LogP contribution is 2.29. The van der Waals surface area contributed by atoms with Crippen molar-refractivity contribution in [2.45, 2.75) is 37.7 Å². The molecule has 140 valence electrons. The van der Waals surface area contributed by atoms with Crippen LogP contribution in [0.1, 0.15) is 24.0 Å². The molecule has 0 unspecified atom stereocenters. The van der Waals surface area contributed by atoms with Gasteiger partial charge in [0.25, 0.3) is 10.0 Å². The predicted octanol–water partition coefficient (Wildman–Crippen LogP) is 3.69. The summed E-state index contributed by atoms with van der Waals surface area (Å²) in [5.74, 6) is 0.690. The minimum absolute atomic E-state index is 0.0861. The van der Waals surface area contributed by atoms with Gasteiger partial charge >= 0.3 is 0 Å². The number of sulfonamides is 1. The summed E-state index contributed by atoms with van der Waals surface area (Å²) in [5, 5.41) is 0. The number of nitrogens with zero attached hydrogens (tertiary/aromatic N) is 1. The second-order valence-electron chi connectivity index (χ2n) is 6.64. The van der Waals surface area contributed by atoms with E-state index in [0.717, 1.165) is 24.0 Å². The highest BCUT2D eigenvalue weighted by molar-refractivity contribution is 7.92. The van der Waals surface area contributed by atoms with Crippen LogP contribution in [0, 0.1) is 13.8 Å². The topological polar surface area (TPSA) is 55.8 Å². The third-order valence-electron chi connectivity index (χ3n) is 4.67. The Morgan fingerprint density at radius 1 is 1.15 bits per heavy atom. The molecule has 2 aromatic rings. The normalized spacial score (nSPS) is 17.3. The SMILES string of the molecule is COc1ccc(N(C[C@@H]2CCCO2)S(=O)(=O)c2cc(C)ccc2C)cc1. The first-order chi connectivity index (χ1) is 12.4. The molecule has 0 radical (unpaired) electrons. The van der Waals surface area contributed by atoms with E-state index in [1.807, 2.05) is 26.0 Å². The lowest BCUT2D eigenvalue weighted by molar-refractivity contribution is 0.118. The highest BCUT2D eigenvalue weighted by atomic mass is 32.2. The van der Waals surface area contributed by atoms with Crippen LogP contribution in [0.3, 0.4) is 0 Å². The summed E-state index contributed by atoms with van der Waals surface area (Å²) in [6.45, 7) is 4.72. The van der Waals surface area contributed by atoms with Gasteiger partial charge in [0.15, 0.2) is 0 Å². The second kappa shape index (κ2) is 7.68. The molecular weight excluding hydrogens is 350 g/mol. The Bertz CT molecular complexity index is 856. The van der Waals surface area contributed by atoms with Crippen molar-refractivity contribution < 1.29 is 17.9 Å². The van der Waals surface area contributed by atoms with E-state index < -0.39 is 10.0 Å². The van der Waals surface area contributed by atoms with E-state index in [1.54, 1.807) is 37.4 Å². The summed E-state index contributed by atoms with van der Waals surface area (Å²) in [6.07, 6.45) is 1.75. The third-order valence-corrected chi connectivity index (χ3v) is 6.60. The van der Waals surface area contributed by atoms with E-state index in [4.69, 9.17) is 9.47 Å². The Kier molecular flexibility index (Phi) is 5.53. The lowest BCUT2D eigenvalue weighted by Crippen LogP contribution is -2.37. The van der Waals surface area contributed by atoms with E-state index in [2.05, 4.69) is 0 Å². The van der Waals surface area contributed by atoms with Crippen LogP contribution in [-0.2, 0) is 14.8 Å². The van der Waals surface area contributed by atoms with Crippen molar-refractivity contribution in [3.63, 3.8) is 0 Å². The molecule has 6 heteroatoms. The van der Waals surface area contributed by atoms with Crippen LogP contribution in [0.4, 0.5) is 5.69 Å². The van der Waals surface area contributed by atoms with E-state index >= 15 is 0 Å². The van der Waals surface area contributed by atoms with Crippen molar-refractivity contribution in [3.05, 3.63) is 53.6 Å². The standard InChI is InChI=1S/C20H25NO4S/c1-15-6-7-16(2)20(13-15)26(22,23)21(14-19-5-4-12-25-19)17-8-10-18(24-3)11-9-17/h6-11,13,19H,4-5,12,14H2,1-3H3/t19-/m0/s1. The Labute approximate surface area is 155 Å². The fourth-order valence-corrected chi connectivity index (χ4v) is 4.98. The zero-order valence-electron chi connectivity index (χ0n) is 15.4. The number of hydrogen-bond acceptors (Lipinski definition) is 4. The molecule has 0 N–H and O–H groups in total. The van der Waals surface area contributed by atoms with Gasteiger partial charge in [-0.05, 0) is 68.1 Å². The maximum Gasteiger partial charge on any atom is 0.264 e. The summed E-state index contributed by atoms with van der Waals surface area (Å²) < 4.78 is 39.3. The zero-order chi connectivity index (χ0) is 18.7. The van der Waals surface area contributed by atoms with Gasteiger partial charge in [-0.2, -0.15) is 0 Å². The maximum atomic E-state index is 13.5. The van der Waals surface area contributed by atoms with Crippen LogP contribution >= 0.6 is 0 Å². The van der Waals surface area contributed by atoms with Crippen molar-refractivity contribution in [2.24, 2.45) is 0 Å². The Morgan fingerprint density at radius 2 is 1.88 bits per heavy atom. The minimum atomic E-state index is -3.70. The van der Waals surface area contributed by atoms with Gasteiger partial charge in [-0.1, -0.05) is 12.1 Å². The molecule has 1 saturated heterocycles. The molecule has 1 aliphatic rings. The lowest BCUT2D eigenvalue weighted by atomic mass is 10.2. The van der Waals surface area contributed by atoms with E-state index in [0.29, 0.717) is 29.5 Å². The Balaban J connectivity index is 2.04. The van der Waals surface area contributed by atoms with Crippen molar-refractivity contribution in [1.29, 1.82) is 0 Å². The maximum absolute atomic E-state index is 13.5. The molecule has 0 saturated carbocycles. The van der Waals surface area contributed by atoms with Gasteiger partial charge in [-0.25, -0.2) is 8.42 Å². The largest absolute Gasteiger partial charge is 0.497 e. The van der Waals surface area contributed by atoms with Gasteiger partial charge in [0, 0.05) is 6.61 Å². The van der Waals surface area contributed by atoms with Crippen LogP contribution < -0.4 is 9.04 Å². The third kappa shape index (κ3) is 3.86. The number of ether oxygens (including phenoxy) is 2. The van der Waals surface area contributed by atoms with Crippen LogP contribution in [0.25, 0.3) is 0 Å². The van der Waals surface area contributed by atoms with Gasteiger partial charge in [0.1, 0.15) is 5.75 Å². The highest BCUT2D eigenvalue weighted by Gasteiger charge is 2.30. The monoisotopic (exact) mass is 375 g/mol. The molecule has 0 bridgehead atoms. The summed E-state index contributed by atoms with van der Waals surface area (Å²) in [7, 11) is -2.11. The predicted molar refractivity (Wildman–Crippen MR) is 102 cm³/mol. The molecule has 1 heterocycles. The van der Waals surface area contributed by atoms with Crippen molar-refractivity contribution >= 4 is 15.7 Å². The number of hydrogen-bond donors (Lipinski definition) is 0. The average molecular weight is 375 g/mol. The summed E-state index contributed by atoms with van der Waals surface area (Å²) in [6, 6.07) is 12.6. The molecule has 5 nitrogen and oxygen atoms in total. The first kappa shape index (κ1) is 18.7. The quantitative estimate of drug-likeness (QED) is 0.773. The molecule has 0 amide bonds. The van der Waals surface area contributed by atoms with Crippen molar-refractivity contribution in [2.75, 3.05) is 24.6 Å². The van der Waals surface area contributed by atoms with E-state index in [-0.39, 0.29) is 6.10 Å². The molecule has 1 fully saturated rings. The molecule has 2 aromatic carbocycles. The van der Waals surface area contributed by atoms with Gasteiger partial charge < -0.3 is 9.47 Å². The second-order valence-corrected chi connectivity index (χ2v) is 8.47. The molecule has 0 spiro atoms. The van der Waals surface area contributed by atoms with Gasteiger partial charge in [-0.15, -0.1) is 0 Å². The minimum Gasteiger partial charge on any atom is -0.497 e. The fourth-order valence-electron chi connectivity index (χ4n) is 3.17. The number of benzene rings is 2. The van der Waals surface area contributed by atoms with Crippen LogP contribution in [0.5, 0.6) is 5.75 Å². The van der Waals surface area contributed by atoms with E-state index in [9.17, 15) is 8.42 Å². The molecule has 0 aromatic heterocycles. The van der Waals surface area contributed by atoms with Crippen LogP contribution in [0.15, 0.2) is 47.4 Å². The van der Waals surface area contributed by atoms with Gasteiger partial charge in [0.05, 0.1) is 30.3 Å². The number of rotatable bonds is 6. The first-order valence-electron chi connectivity index (χ1n) is 8.77. The summed E-state index contributed by atoms with van der Waals surface area (Å²) in [5.41, 5.74) is 2.27. The first-order valence-corrected chi connectivity index (χ1v) is 10.2. The number of anilines is 1. The average Bonchev–Trinajstić information content (AvgIpc) is 3.15. The molecule has 1 aliphatic heterocycles. The summed E-state index contributed by atoms with van der Waals surface area (Å²) >= 11 is 0. The van der Waals surface area contributed by atoms with Crippen molar-refractivity contribution in [3.8, 4) is 5.75 Å². The molecule has 3 rings (SSSR count). The fraction of sp³-hybridized carbons (Fsp3) is 0.400. The molecule has 26 heavy (non-hydrogen) atoms. The van der Waals surface area contributed by atoms with Crippen LogP contribution in [-0.4, -0.2) is 34.8 Å². The van der Waals surface area contributed by atoms with Crippen LogP contribution in [0.2, 0.25) is 0 Å². The number of aryl methyl sites for hydroxylation is 2. The van der Waals surface area contributed by atoms with Gasteiger partial charge in [-0.3, -0.25) is 4.31 Å². The van der Waals surface area contributed by atoms with E-state index in [1.165, 1.54) is 4.31 Å². The summed E-state index contributed by atoms with van der Waals surface area (Å²) in [4.78, 5) is 0.339.